The summed E-state index contributed by atoms with van der Waals surface area (Å²) in [5.74, 6) is -0.799. The molecule has 2 aromatic heterocycles. The lowest BCUT2D eigenvalue weighted by atomic mass is 9.94. The maximum absolute atomic E-state index is 13.0. The third kappa shape index (κ3) is 3.73. The van der Waals surface area contributed by atoms with Gasteiger partial charge in [-0.25, -0.2) is 0 Å². The highest BCUT2D eigenvalue weighted by molar-refractivity contribution is 5.81. The fraction of sp³-hybridized carbons (Fsp3) is 0.625. The predicted octanol–water partition coefficient (Wildman–Crippen LogP) is 2.27. The molecule has 1 atom stereocenters. The van der Waals surface area contributed by atoms with Crippen LogP contribution >= 0.6 is 0 Å². The summed E-state index contributed by atoms with van der Waals surface area (Å²) < 4.78 is 39.8. The highest BCUT2D eigenvalue weighted by Crippen LogP contribution is 2.28. The molecule has 2 aromatic rings. The Morgan fingerprint density at radius 2 is 1.96 bits per heavy atom. The lowest BCUT2D eigenvalue weighted by molar-refractivity contribution is -0.146. The van der Waals surface area contributed by atoms with Gasteiger partial charge in [0.15, 0.2) is 5.65 Å². The van der Waals surface area contributed by atoms with Crippen molar-refractivity contribution in [2.45, 2.75) is 45.8 Å². The third-order valence-electron chi connectivity index (χ3n) is 4.26. The van der Waals surface area contributed by atoms with Crippen LogP contribution in [0.3, 0.4) is 0 Å². The van der Waals surface area contributed by atoms with Crippen molar-refractivity contribution in [1.82, 2.24) is 25.1 Å². The summed E-state index contributed by atoms with van der Waals surface area (Å²) in [4.78, 5) is 14.1. The number of hydrogen-bond donors (Lipinski definition) is 1. The zero-order valence-corrected chi connectivity index (χ0v) is 14.8. The Balaban J connectivity index is 1.81. The van der Waals surface area contributed by atoms with Crippen molar-refractivity contribution < 1.29 is 18.0 Å². The zero-order chi connectivity index (χ0) is 19.1. The molecule has 1 aliphatic heterocycles. The number of amides is 1. The molecule has 0 aliphatic carbocycles. The number of carbonyl (C=O) groups is 1. The first kappa shape index (κ1) is 18.4. The Morgan fingerprint density at radius 3 is 2.62 bits per heavy atom. The molecule has 0 aromatic carbocycles. The van der Waals surface area contributed by atoms with E-state index in [0.29, 0.717) is 23.4 Å². The molecule has 1 saturated heterocycles. The lowest BCUT2D eigenvalue weighted by Gasteiger charge is -2.35. The fourth-order valence-electron chi connectivity index (χ4n) is 2.83. The first-order valence-corrected chi connectivity index (χ1v) is 8.41. The molecule has 10 heteroatoms. The number of hydrogen-bond acceptors (Lipinski definition) is 5. The molecule has 1 N–H and O–H groups in total. The van der Waals surface area contributed by atoms with Crippen molar-refractivity contribution in [3.8, 4) is 0 Å². The highest BCUT2D eigenvalue weighted by atomic mass is 19.4. The Bertz CT molecular complexity index is 810. The van der Waals surface area contributed by atoms with Gasteiger partial charge in [-0.3, -0.25) is 4.79 Å². The van der Waals surface area contributed by atoms with Gasteiger partial charge in [-0.2, -0.15) is 17.7 Å². The number of anilines is 1. The molecule has 7 nitrogen and oxygen atoms in total. The number of alkyl halides is 3. The number of carbonyl (C=O) groups excluding carboxylic acids is 1. The van der Waals surface area contributed by atoms with E-state index < -0.39 is 17.4 Å². The van der Waals surface area contributed by atoms with E-state index in [4.69, 9.17) is 0 Å². The second-order valence-electron chi connectivity index (χ2n) is 7.49. The van der Waals surface area contributed by atoms with Gasteiger partial charge < -0.3 is 10.2 Å². The third-order valence-corrected chi connectivity index (χ3v) is 4.26. The van der Waals surface area contributed by atoms with Crippen molar-refractivity contribution in [3.05, 3.63) is 18.0 Å². The Kier molecular flexibility index (Phi) is 4.53. The number of nitrogens with one attached hydrogen (secondary N) is 1. The maximum atomic E-state index is 13.0. The molecule has 1 amide bonds. The van der Waals surface area contributed by atoms with Gasteiger partial charge in [-0.05, 0) is 25.0 Å². The van der Waals surface area contributed by atoms with Gasteiger partial charge in [0, 0.05) is 24.5 Å². The van der Waals surface area contributed by atoms with Crippen LogP contribution in [0.1, 0.15) is 39.4 Å². The van der Waals surface area contributed by atoms with Crippen LogP contribution < -0.4 is 10.2 Å². The van der Waals surface area contributed by atoms with Crippen LogP contribution in [0.15, 0.2) is 12.1 Å². The first-order chi connectivity index (χ1) is 12.1. The van der Waals surface area contributed by atoms with Gasteiger partial charge in [0.2, 0.25) is 5.91 Å². The Hall–Kier alpha value is -2.39. The normalized spacial score (nSPS) is 19.0. The molecule has 0 saturated carbocycles. The van der Waals surface area contributed by atoms with Crippen LogP contribution in [-0.2, 0) is 11.0 Å². The van der Waals surface area contributed by atoms with Gasteiger partial charge in [-0.15, -0.1) is 15.3 Å². The SMILES string of the molecule is CC(C)(C)C(=O)NC1CCCN(c2ccc3nnc(C(F)(F)F)n3n2)C1. The minimum Gasteiger partial charge on any atom is -0.353 e. The van der Waals surface area contributed by atoms with E-state index in [9.17, 15) is 18.0 Å². The summed E-state index contributed by atoms with van der Waals surface area (Å²) in [5, 5.41) is 13.8. The second kappa shape index (κ2) is 6.40. The van der Waals surface area contributed by atoms with Gasteiger partial charge in [0.25, 0.3) is 5.82 Å². The van der Waals surface area contributed by atoms with Crippen molar-refractivity contribution in [2.24, 2.45) is 5.41 Å². The van der Waals surface area contributed by atoms with Gasteiger partial charge >= 0.3 is 6.18 Å². The van der Waals surface area contributed by atoms with Crippen LogP contribution in [0, 0.1) is 5.41 Å². The van der Waals surface area contributed by atoms with Crippen molar-refractivity contribution in [3.63, 3.8) is 0 Å². The molecule has 0 radical (unpaired) electrons. The molecule has 1 unspecified atom stereocenters. The highest BCUT2D eigenvalue weighted by Gasteiger charge is 2.38. The number of halogens is 3. The van der Waals surface area contributed by atoms with Crippen LogP contribution in [0.25, 0.3) is 5.65 Å². The number of rotatable bonds is 2. The standard InChI is InChI=1S/C16H21F3N6O/c1-15(2,3)14(26)20-10-5-4-8-24(9-10)12-7-6-11-21-22-13(16(17,18)19)25(11)23-12/h6-7,10H,4-5,8-9H2,1-3H3,(H,20,26). The largest absolute Gasteiger partial charge is 0.453 e. The van der Waals surface area contributed by atoms with E-state index in [1.54, 1.807) is 6.07 Å². The molecular weight excluding hydrogens is 349 g/mol. The van der Waals surface area contributed by atoms with Crippen molar-refractivity contribution in [2.75, 3.05) is 18.0 Å². The quantitative estimate of drug-likeness (QED) is 0.878. The smallest absolute Gasteiger partial charge is 0.353 e. The van der Waals surface area contributed by atoms with Crippen LogP contribution in [0.5, 0.6) is 0 Å². The van der Waals surface area contributed by atoms with E-state index in [-0.39, 0.29) is 17.6 Å². The van der Waals surface area contributed by atoms with Crippen molar-refractivity contribution in [1.29, 1.82) is 0 Å². The molecule has 0 spiro atoms. The summed E-state index contributed by atoms with van der Waals surface area (Å²) in [7, 11) is 0. The Morgan fingerprint density at radius 1 is 1.23 bits per heavy atom. The molecular formula is C16H21F3N6O. The van der Waals surface area contributed by atoms with Gasteiger partial charge in [0.1, 0.15) is 5.82 Å². The molecule has 26 heavy (non-hydrogen) atoms. The van der Waals surface area contributed by atoms with Crippen LogP contribution in [0.2, 0.25) is 0 Å². The van der Waals surface area contributed by atoms with Gasteiger partial charge in [-0.1, -0.05) is 20.8 Å². The maximum Gasteiger partial charge on any atom is 0.453 e. The van der Waals surface area contributed by atoms with Gasteiger partial charge in [0.05, 0.1) is 0 Å². The summed E-state index contributed by atoms with van der Waals surface area (Å²) in [6.07, 6.45) is -3.00. The zero-order valence-electron chi connectivity index (χ0n) is 14.8. The number of fused-ring (bicyclic) bond motifs is 1. The first-order valence-electron chi connectivity index (χ1n) is 8.41. The Labute approximate surface area is 148 Å². The van der Waals surface area contributed by atoms with Crippen LogP contribution in [0.4, 0.5) is 19.0 Å². The van der Waals surface area contributed by atoms with Crippen LogP contribution in [-0.4, -0.2) is 44.8 Å². The molecule has 1 aliphatic rings. The van der Waals surface area contributed by atoms with E-state index in [1.807, 2.05) is 25.7 Å². The van der Waals surface area contributed by atoms with E-state index in [0.717, 1.165) is 12.8 Å². The number of piperidine rings is 1. The number of aromatic nitrogens is 4. The number of nitrogens with zero attached hydrogens (tertiary/aromatic N) is 5. The van der Waals surface area contributed by atoms with E-state index in [2.05, 4.69) is 20.6 Å². The monoisotopic (exact) mass is 370 g/mol. The molecule has 3 rings (SSSR count). The van der Waals surface area contributed by atoms with E-state index >= 15 is 0 Å². The molecule has 0 bridgehead atoms. The van der Waals surface area contributed by atoms with Crippen molar-refractivity contribution >= 4 is 17.4 Å². The minimum absolute atomic E-state index is 0.0377. The average Bonchev–Trinajstić information content (AvgIpc) is 2.97. The molecule has 1 fully saturated rings. The summed E-state index contributed by atoms with van der Waals surface area (Å²) in [6, 6.07) is 3.01. The summed E-state index contributed by atoms with van der Waals surface area (Å²) >= 11 is 0. The summed E-state index contributed by atoms with van der Waals surface area (Å²) in [5.41, 5.74) is -0.459. The summed E-state index contributed by atoms with van der Waals surface area (Å²) in [6.45, 7) is 6.66. The molecule has 142 valence electrons. The minimum atomic E-state index is -4.63. The topological polar surface area (TPSA) is 75.4 Å². The fourth-order valence-corrected chi connectivity index (χ4v) is 2.83. The second-order valence-corrected chi connectivity index (χ2v) is 7.49. The predicted molar refractivity (Wildman–Crippen MR) is 88.6 cm³/mol. The average molecular weight is 370 g/mol. The lowest BCUT2D eigenvalue weighted by Crippen LogP contribution is -2.50. The molecule has 3 heterocycles. The van der Waals surface area contributed by atoms with E-state index in [1.165, 1.54) is 6.07 Å².